The van der Waals surface area contributed by atoms with Crippen LogP contribution in [0, 0.1) is 5.92 Å². The van der Waals surface area contributed by atoms with Gasteiger partial charge >= 0.3 is 5.69 Å². The standard InChI is InChI=1S/C23H26N6O3/c1-27-20(15-21(30)28(2)23(27)32)24-22(31)18-8-9-19(26-25-18)29-12-10-17(11-13-29)14-16-6-4-3-5-7-16/h3-9,15,17H,10-14H2,1-2H3,(H,24,31). The van der Waals surface area contributed by atoms with Crippen molar-refractivity contribution in [3.63, 3.8) is 0 Å². The highest BCUT2D eigenvalue weighted by molar-refractivity contribution is 6.02. The highest BCUT2D eigenvalue weighted by Crippen LogP contribution is 2.24. The molecular formula is C23H26N6O3. The maximum atomic E-state index is 12.5. The Hall–Kier alpha value is -3.75. The van der Waals surface area contributed by atoms with Crippen LogP contribution in [0.1, 0.15) is 28.9 Å². The number of hydrogen-bond acceptors (Lipinski definition) is 6. The quantitative estimate of drug-likeness (QED) is 0.654. The van der Waals surface area contributed by atoms with Crippen LogP contribution in [0.5, 0.6) is 0 Å². The SMILES string of the molecule is Cn1c(NC(=O)c2ccc(N3CCC(Cc4ccccc4)CC3)nn2)cc(=O)n(C)c1=O. The molecule has 0 spiro atoms. The van der Waals surface area contributed by atoms with Gasteiger partial charge in [-0.15, -0.1) is 10.2 Å². The number of carbonyl (C=O) groups excluding carboxylic acids is 1. The fraction of sp³-hybridized carbons (Fsp3) is 0.348. The van der Waals surface area contributed by atoms with Gasteiger partial charge in [0.05, 0.1) is 0 Å². The topological polar surface area (TPSA) is 102 Å². The van der Waals surface area contributed by atoms with Crippen LogP contribution < -0.4 is 21.5 Å². The number of piperidine rings is 1. The number of nitrogens with one attached hydrogen (secondary N) is 1. The van der Waals surface area contributed by atoms with Gasteiger partial charge in [-0.1, -0.05) is 30.3 Å². The molecular weight excluding hydrogens is 408 g/mol. The Morgan fingerprint density at radius 1 is 1.00 bits per heavy atom. The van der Waals surface area contributed by atoms with E-state index in [4.69, 9.17) is 0 Å². The first kappa shape index (κ1) is 21.5. The van der Waals surface area contributed by atoms with E-state index in [9.17, 15) is 14.4 Å². The molecule has 166 valence electrons. The van der Waals surface area contributed by atoms with Crippen molar-refractivity contribution >= 4 is 17.5 Å². The van der Waals surface area contributed by atoms with E-state index in [2.05, 4.69) is 44.7 Å². The number of nitrogens with zero attached hydrogens (tertiary/aromatic N) is 5. The molecule has 1 fully saturated rings. The molecule has 3 heterocycles. The van der Waals surface area contributed by atoms with Gasteiger partial charge in [0.25, 0.3) is 11.5 Å². The molecule has 1 aliphatic heterocycles. The molecule has 2 aromatic heterocycles. The minimum atomic E-state index is -0.533. The Morgan fingerprint density at radius 2 is 1.72 bits per heavy atom. The Balaban J connectivity index is 1.37. The third-order valence-electron chi connectivity index (χ3n) is 5.96. The molecule has 9 heteroatoms. The van der Waals surface area contributed by atoms with Gasteiger partial charge in [-0.25, -0.2) is 4.79 Å². The lowest BCUT2D eigenvalue weighted by atomic mass is 9.90. The van der Waals surface area contributed by atoms with E-state index in [1.54, 1.807) is 12.1 Å². The molecule has 1 saturated heterocycles. The van der Waals surface area contributed by atoms with E-state index < -0.39 is 17.2 Å². The first-order valence-electron chi connectivity index (χ1n) is 10.6. The third kappa shape index (κ3) is 4.61. The van der Waals surface area contributed by atoms with Crippen molar-refractivity contribution in [1.29, 1.82) is 0 Å². The molecule has 0 radical (unpaired) electrons. The monoisotopic (exact) mass is 434 g/mol. The van der Waals surface area contributed by atoms with E-state index in [0.29, 0.717) is 5.92 Å². The van der Waals surface area contributed by atoms with Crippen LogP contribution in [0.3, 0.4) is 0 Å². The first-order valence-corrected chi connectivity index (χ1v) is 10.6. The van der Waals surface area contributed by atoms with Gasteiger partial charge in [0.1, 0.15) is 5.82 Å². The van der Waals surface area contributed by atoms with Gasteiger partial charge in [-0.2, -0.15) is 0 Å². The summed E-state index contributed by atoms with van der Waals surface area (Å²) in [5, 5.41) is 10.8. The Morgan fingerprint density at radius 3 is 2.38 bits per heavy atom. The van der Waals surface area contributed by atoms with Gasteiger partial charge in [-0.3, -0.25) is 18.7 Å². The fourth-order valence-corrected chi connectivity index (χ4v) is 3.96. The Labute approximate surface area is 185 Å². The number of rotatable bonds is 5. The number of benzene rings is 1. The molecule has 1 aromatic carbocycles. The van der Waals surface area contributed by atoms with Crippen LogP contribution in [0.15, 0.2) is 58.1 Å². The second kappa shape index (κ2) is 9.17. The molecule has 0 saturated carbocycles. The molecule has 32 heavy (non-hydrogen) atoms. The van der Waals surface area contributed by atoms with Crippen LogP contribution in [0.25, 0.3) is 0 Å². The molecule has 3 aromatic rings. The number of anilines is 2. The summed E-state index contributed by atoms with van der Waals surface area (Å²) in [6.45, 7) is 1.79. The normalized spacial score (nSPS) is 14.4. The predicted molar refractivity (Wildman–Crippen MR) is 122 cm³/mol. The van der Waals surface area contributed by atoms with Crippen molar-refractivity contribution in [2.24, 2.45) is 20.0 Å². The zero-order chi connectivity index (χ0) is 22.7. The summed E-state index contributed by atoms with van der Waals surface area (Å²) in [5.41, 5.74) is 0.459. The summed E-state index contributed by atoms with van der Waals surface area (Å²) >= 11 is 0. The van der Waals surface area contributed by atoms with Crippen LogP contribution in [-0.4, -0.2) is 38.3 Å². The summed E-state index contributed by atoms with van der Waals surface area (Å²) in [6.07, 6.45) is 3.25. The lowest BCUT2D eigenvalue weighted by Gasteiger charge is -2.32. The van der Waals surface area contributed by atoms with E-state index in [0.717, 1.165) is 42.7 Å². The average Bonchev–Trinajstić information content (AvgIpc) is 2.82. The first-order chi connectivity index (χ1) is 15.4. The van der Waals surface area contributed by atoms with Crippen molar-refractivity contribution < 1.29 is 4.79 Å². The van der Waals surface area contributed by atoms with Crippen molar-refractivity contribution in [3.05, 3.63) is 80.6 Å². The maximum absolute atomic E-state index is 12.5. The molecule has 4 rings (SSSR count). The Bertz CT molecular complexity index is 1210. The molecule has 1 amide bonds. The van der Waals surface area contributed by atoms with E-state index >= 15 is 0 Å². The van der Waals surface area contributed by atoms with Crippen LogP contribution in [-0.2, 0) is 20.5 Å². The summed E-state index contributed by atoms with van der Waals surface area (Å²) in [4.78, 5) is 38.6. The highest BCUT2D eigenvalue weighted by atomic mass is 16.2. The number of amides is 1. The molecule has 0 aliphatic carbocycles. The van der Waals surface area contributed by atoms with Crippen LogP contribution in [0.2, 0.25) is 0 Å². The van der Waals surface area contributed by atoms with Crippen molar-refractivity contribution in [2.75, 3.05) is 23.3 Å². The zero-order valence-corrected chi connectivity index (χ0v) is 18.2. The smallest absolute Gasteiger partial charge is 0.332 e. The zero-order valence-electron chi connectivity index (χ0n) is 18.2. The molecule has 9 nitrogen and oxygen atoms in total. The predicted octanol–water partition coefficient (Wildman–Crippen LogP) is 1.59. The van der Waals surface area contributed by atoms with Crippen molar-refractivity contribution in [3.8, 4) is 0 Å². The molecule has 0 bridgehead atoms. The van der Waals surface area contributed by atoms with Crippen molar-refractivity contribution in [2.45, 2.75) is 19.3 Å². The second-order valence-electron chi connectivity index (χ2n) is 8.12. The lowest BCUT2D eigenvalue weighted by molar-refractivity contribution is 0.102. The van der Waals surface area contributed by atoms with E-state index in [1.165, 1.54) is 30.3 Å². The molecule has 1 aliphatic rings. The van der Waals surface area contributed by atoms with Gasteiger partial charge in [0.2, 0.25) is 0 Å². The molecule has 1 N–H and O–H groups in total. The van der Waals surface area contributed by atoms with Gasteiger partial charge in [0, 0.05) is 33.3 Å². The maximum Gasteiger partial charge on any atom is 0.332 e. The summed E-state index contributed by atoms with van der Waals surface area (Å²) in [5.74, 6) is 0.959. The van der Waals surface area contributed by atoms with Gasteiger partial charge in [-0.05, 0) is 42.9 Å². The summed E-state index contributed by atoms with van der Waals surface area (Å²) in [7, 11) is 2.86. The Kier molecular flexibility index (Phi) is 6.16. The highest BCUT2D eigenvalue weighted by Gasteiger charge is 2.21. The van der Waals surface area contributed by atoms with Crippen LogP contribution >= 0.6 is 0 Å². The van der Waals surface area contributed by atoms with Crippen molar-refractivity contribution in [1.82, 2.24) is 19.3 Å². The largest absolute Gasteiger partial charge is 0.355 e. The minimum absolute atomic E-state index is 0.106. The fourth-order valence-electron chi connectivity index (χ4n) is 3.96. The summed E-state index contributed by atoms with van der Waals surface area (Å²) < 4.78 is 2.16. The number of hydrogen-bond donors (Lipinski definition) is 1. The number of carbonyl (C=O) groups is 1. The number of aromatic nitrogens is 4. The van der Waals surface area contributed by atoms with E-state index in [1.807, 2.05) is 6.07 Å². The van der Waals surface area contributed by atoms with Crippen LogP contribution in [0.4, 0.5) is 11.6 Å². The third-order valence-corrected chi connectivity index (χ3v) is 5.96. The minimum Gasteiger partial charge on any atom is -0.355 e. The molecule has 0 atom stereocenters. The summed E-state index contributed by atoms with van der Waals surface area (Å²) in [6, 6.07) is 15.1. The lowest BCUT2D eigenvalue weighted by Crippen LogP contribution is -2.38. The van der Waals surface area contributed by atoms with Gasteiger partial charge in [0.15, 0.2) is 11.5 Å². The average molecular weight is 435 g/mol. The van der Waals surface area contributed by atoms with E-state index in [-0.39, 0.29) is 11.5 Å². The van der Waals surface area contributed by atoms with Gasteiger partial charge < -0.3 is 10.2 Å². The second-order valence-corrected chi connectivity index (χ2v) is 8.12. The molecule has 0 unspecified atom stereocenters.